The Kier molecular flexibility index (Phi) is 7.43. The maximum absolute atomic E-state index is 13.5. The number of urea groups is 1. The highest BCUT2D eigenvalue weighted by molar-refractivity contribution is 7.16. The second kappa shape index (κ2) is 10.9. The highest BCUT2D eigenvalue weighted by Crippen LogP contribution is 2.29. The van der Waals surface area contributed by atoms with Crippen LogP contribution in [0, 0.1) is 0 Å². The summed E-state index contributed by atoms with van der Waals surface area (Å²) in [4.78, 5) is 35.9. The van der Waals surface area contributed by atoms with Crippen LogP contribution in [0.15, 0.2) is 36.4 Å². The average molecular weight is 529 g/mol. The number of nitrogens with one attached hydrogen (secondary N) is 1. The fourth-order valence-corrected chi connectivity index (χ4v) is 5.77. The van der Waals surface area contributed by atoms with E-state index in [9.17, 15) is 9.59 Å². The lowest BCUT2D eigenvalue weighted by Gasteiger charge is -2.33. The van der Waals surface area contributed by atoms with Crippen molar-refractivity contribution in [3.63, 3.8) is 0 Å². The van der Waals surface area contributed by atoms with Gasteiger partial charge in [0.2, 0.25) is 5.95 Å². The summed E-state index contributed by atoms with van der Waals surface area (Å²) >= 11 is 7.55. The second-order valence-electron chi connectivity index (χ2n) is 9.01. The Bertz CT molecular complexity index is 1230. The zero-order valence-electron chi connectivity index (χ0n) is 20.2. The van der Waals surface area contributed by atoms with E-state index >= 15 is 0 Å². The number of rotatable bonds is 6. The fourth-order valence-electron chi connectivity index (χ4n) is 4.74. The van der Waals surface area contributed by atoms with E-state index in [0.29, 0.717) is 47.1 Å². The van der Waals surface area contributed by atoms with E-state index in [-0.39, 0.29) is 17.9 Å². The summed E-state index contributed by atoms with van der Waals surface area (Å²) < 4.78 is 7.43. The molecule has 0 bridgehead atoms. The molecule has 2 aliphatic heterocycles. The molecule has 2 amide bonds. The number of anilines is 1. The number of halogens is 1. The molecule has 11 heteroatoms. The van der Waals surface area contributed by atoms with Crippen LogP contribution in [0.2, 0.25) is 4.34 Å². The van der Waals surface area contributed by atoms with Gasteiger partial charge in [-0.15, -0.1) is 16.4 Å². The van der Waals surface area contributed by atoms with E-state index in [2.05, 4.69) is 10.4 Å². The minimum atomic E-state index is -0.320. The number of ether oxygens (including phenoxy) is 1. The Balaban J connectivity index is 1.35. The Hall–Kier alpha value is -3.11. The van der Waals surface area contributed by atoms with E-state index in [1.54, 1.807) is 18.2 Å². The number of amides is 2. The van der Waals surface area contributed by atoms with Crippen LogP contribution in [0.3, 0.4) is 0 Å². The maximum Gasteiger partial charge on any atom is 0.319 e. The largest absolute Gasteiger partial charge is 0.496 e. The number of piperidine rings is 1. The summed E-state index contributed by atoms with van der Waals surface area (Å²) in [5.41, 5.74) is 0.407. The first-order chi connectivity index (χ1) is 17.5. The number of carbonyl (C=O) groups is 2. The Morgan fingerprint density at radius 3 is 2.50 bits per heavy atom. The zero-order chi connectivity index (χ0) is 25.1. The molecule has 0 saturated carbocycles. The van der Waals surface area contributed by atoms with Gasteiger partial charge in [0.15, 0.2) is 5.82 Å². The van der Waals surface area contributed by atoms with Crippen molar-refractivity contribution in [1.29, 1.82) is 0 Å². The van der Waals surface area contributed by atoms with Crippen molar-refractivity contribution in [1.82, 2.24) is 24.6 Å². The Morgan fingerprint density at radius 2 is 1.81 bits per heavy atom. The predicted molar refractivity (Wildman–Crippen MR) is 139 cm³/mol. The number of carbonyl (C=O) groups excluding carboxylic acids is 2. The molecule has 0 aliphatic carbocycles. The summed E-state index contributed by atoms with van der Waals surface area (Å²) in [6, 6.07) is 11.0. The van der Waals surface area contributed by atoms with Gasteiger partial charge in [-0.25, -0.2) is 4.79 Å². The van der Waals surface area contributed by atoms with Gasteiger partial charge in [-0.2, -0.15) is 9.67 Å². The molecule has 5 rings (SSSR count). The lowest BCUT2D eigenvalue weighted by Crippen LogP contribution is -2.45. The summed E-state index contributed by atoms with van der Waals surface area (Å²) in [7, 11) is 1.54. The number of nitrogens with zero attached hydrogens (tertiary/aromatic N) is 5. The number of hydrogen-bond acceptors (Lipinski definition) is 7. The SMILES string of the molecule is COc1ccccc1C(=O)n1nc(C2CCN(C(=O)N3CCCC3)CC2)nc1NCc1ccc(Cl)s1. The molecule has 0 unspecified atom stereocenters. The third-order valence-corrected chi connectivity index (χ3v) is 7.94. The van der Waals surface area contributed by atoms with E-state index in [1.165, 1.54) is 23.1 Å². The summed E-state index contributed by atoms with van der Waals surface area (Å²) in [6.45, 7) is 3.48. The smallest absolute Gasteiger partial charge is 0.319 e. The summed E-state index contributed by atoms with van der Waals surface area (Å²) in [5, 5.41) is 7.91. The molecule has 0 atom stereocenters. The zero-order valence-corrected chi connectivity index (χ0v) is 21.7. The van der Waals surface area contributed by atoms with Gasteiger partial charge >= 0.3 is 6.03 Å². The lowest BCUT2D eigenvalue weighted by atomic mass is 9.96. The number of benzene rings is 1. The van der Waals surface area contributed by atoms with Crippen LogP contribution >= 0.6 is 22.9 Å². The topological polar surface area (TPSA) is 92.6 Å². The first-order valence-electron chi connectivity index (χ1n) is 12.2. The number of thiophene rings is 1. The van der Waals surface area contributed by atoms with Gasteiger partial charge in [-0.05, 0) is 49.9 Å². The second-order valence-corrected chi connectivity index (χ2v) is 10.8. The lowest BCUT2D eigenvalue weighted by molar-refractivity contribution is 0.0943. The summed E-state index contributed by atoms with van der Waals surface area (Å²) in [6.07, 6.45) is 3.67. The standard InChI is InChI=1S/C25H29ClN6O3S/c1-35-20-7-3-2-6-19(20)23(33)32-24(27-16-18-8-9-21(26)36-18)28-22(29-32)17-10-14-31(15-11-17)25(34)30-12-4-5-13-30/h2-3,6-9,17H,4-5,10-16H2,1H3,(H,27,28,29). The molecule has 2 fully saturated rings. The average Bonchev–Trinajstić information content (AvgIpc) is 3.68. The normalized spacial score (nSPS) is 16.4. The highest BCUT2D eigenvalue weighted by Gasteiger charge is 2.31. The van der Waals surface area contributed by atoms with Gasteiger partial charge in [0.1, 0.15) is 5.75 Å². The molecule has 0 radical (unpaired) electrons. The van der Waals surface area contributed by atoms with Crippen LogP contribution in [0.5, 0.6) is 5.75 Å². The number of methoxy groups -OCH3 is 1. The van der Waals surface area contributed by atoms with Crippen LogP contribution < -0.4 is 10.1 Å². The quantitative estimate of drug-likeness (QED) is 0.498. The van der Waals surface area contributed by atoms with Gasteiger partial charge in [-0.1, -0.05) is 23.7 Å². The van der Waals surface area contributed by atoms with Crippen LogP contribution in [0.25, 0.3) is 0 Å². The number of para-hydroxylation sites is 1. The molecule has 36 heavy (non-hydrogen) atoms. The number of likely N-dealkylation sites (tertiary alicyclic amines) is 2. The van der Waals surface area contributed by atoms with Crippen molar-refractivity contribution in [2.24, 2.45) is 0 Å². The van der Waals surface area contributed by atoms with Crippen molar-refractivity contribution in [3.05, 3.63) is 57.0 Å². The van der Waals surface area contributed by atoms with Crippen LogP contribution in [0.4, 0.5) is 10.7 Å². The van der Waals surface area contributed by atoms with Crippen molar-refractivity contribution < 1.29 is 14.3 Å². The third-order valence-electron chi connectivity index (χ3n) is 6.71. The summed E-state index contributed by atoms with van der Waals surface area (Å²) in [5.74, 6) is 1.21. The van der Waals surface area contributed by atoms with Crippen molar-refractivity contribution in [3.8, 4) is 5.75 Å². The van der Waals surface area contributed by atoms with Crippen LogP contribution in [-0.2, 0) is 6.54 Å². The van der Waals surface area contributed by atoms with Gasteiger partial charge in [0, 0.05) is 37.0 Å². The molecule has 9 nitrogen and oxygen atoms in total. The molecule has 1 aromatic carbocycles. The van der Waals surface area contributed by atoms with Crippen molar-refractivity contribution in [2.75, 3.05) is 38.6 Å². The minimum absolute atomic E-state index is 0.0658. The van der Waals surface area contributed by atoms with Gasteiger partial charge in [0.05, 0.1) is 23.6 Å². The van der Waals surface area contributed by atoms with Gasteiger partial charge < -0.3 is 19.9 Å². The Labute approximate surface area is 219 Å². The molecule has 1 N–H and O–H groups in total. The van der Waals surface area contributed by atoms with Gasteiger partial charge in [-0.3, -0.25) is 4.79 Å². The monoisotopic (exact) mass is 528 g/mol. The van der Waals surface area contributed by atoms with E-state index in [0.717, 1.165) is 43.6 Å². The van der Waals surface area contributed by atoms with E-state index in [1.807, 2.05) is 28.0 Å². The molecule has 2 aliphatic rings. The molecule has 3 aromatic rings. The van der Waals surface area contributed by atoms with Crippen LogP contribution in [0.1, 0.15) is 52.7 Å². The van der Waals surface area contributed by atoms with E-state index in [4.69, 9.17) is 21.3 Å². The Morgan fingerprint density at radius 1 is 1.08 bits per heavy atom. The molecular formula is C25H29ClN6O3S. The number of aromatic nitrogens is 3. The molecule has 4 heterocycles. The number of hydrogen-bond donors (Lipinski definition) is 1. The molecule has 2 aromatic heterocycles. The van der Waals surface area contributed by atoms with Crippen LogP contribution in [-0.4, -0.2) is 69.8 Å². The predicted octanol–water partition coefficient (Wildman–Crippen LogP) is 4.70. The maximum atomic E-state index is 13.5. The van der Waals surface area contributed by atoms with Crippen molar-refractivity contribution in [2.45, 2.75) is 38.1 Å². The first-order valence-corrected chi connectivity index (χ1v) is 13.4. The first kappa shape index (κ1) is 24.6. The molecule has 2 saturated heterocycles. The molecule has 0 spiro atoms. The highest BCUT2D eigenvalue weighted by atomic mass is 35.5. The van der Waals surface area contributed by atoms with E-state index < -0.39 is 0 Å². The molecular weight excluding hydrogens is 500 g/mol. The van der Waals surface area contributed by atoms with Gasteiger partial charge in [0.25, 0.3) is 5.91 Å². The minimum Gasteiger partial charge on any atom is -0.496 e. The molecule has 190 valence electrons. The van der Waals surface area contributed by atoms with Crippen molar-refractivity contribution >= 4 is 40.8 Å². The fraction of sp³-hybridized carbons (Fsp3) is 0.440. The third kappa shape index (κ3) is 5.19.